The molecule has 0 aliphatic carbocycles. The summed E-state index contributed by atoms with van der Waals surface area (Å²) in [6, 6.07) is 12.8. The number of halogens is 3. The Hall–Kier alpha value is -1.05. The number of benzene rings is 2. The van der Waals surface area contributed by atoms with Gasteiger partial charge in [-0.1, -0.05) is 68.8 Å². The number of rotatable bonds is 2. The summed E-state index contributed by atoms with van der Waals surface area (Å²) in [5.41, 5.74) is 2.83. The van der Waals surface area contributed by atoms with E-state index in [-0.39, 0.29) is 10.4 Å². The Morgan fingerprint density at radius 3 is 2.15 bits per heavy atom. The highest BCUT2D eigenvalue weighted by Gasteiger charge is 2.18. The second-order valence-electron chi connectivity index (χ2n) is 5.88. The second kappa shape index (κ2) is 5.75. The van der Waals surface area contributed by atoms with Gasteiger partial charge in [0.25, 0.3) is 0 Å². The number of hydrogen-bond donors (Lipinski definition) is 0. The van der Waals surface area contributed by atoms with Crippen LogP contribution in [0.1, 0.15) is 42.8 Å². The van der Waals surface area contributed by atoms with Crippen LogP contribution in [0.4, 0.5) is 4.39 Å². The van der Waals surface area contributed by atoms with Crippen LogP contribution in [-0.4, -0.2) is 0 Å². The van der Waals surface area contributed by atoms with E-state index in [1.807, 2.05) is 12.1 Å². The summed E-state index contributed by atoms with van der Waals surface area (Å²) in [5, 5.41) is -0.361. The van der Waals surface area contributed by atoms with E-state index in [2.05, 4.69) is 32.9 Å². The van der Waals surface area contributed by atoms with Crippen molar-refractivity contribution >= 4 is 23.2 Å². The molecule has 2 aromatic carbocycles. The van der Waals surface area contributed by atoms with E-state index < -0.39 is 11.2 Å². The first kappa shape index (κ1) is 15.3. The molecule has 1 unspecified atom stereocenters. The molecule has 0 aromatic heterocycles. The van der Waals surface area contributed by atoms with Crippen molar-refractivity contribution in [3.63, 3.8) is 0 Å². The SMILES string of the molecule is CC(C)(C)c1ccc(C(Cl)c2cccc(F)c2Cl)cc1. The van der Waals surface area contributed by atoms with Crippen LogP contribution in [0.15, 0.2) is 42.5 Å². The van der Waals surface area contributed by atoms with Crippen molar-refractivity contribution in [2.24, 2.45) is 0 Å². The van der Waals surface area contributed by atoms with E-state index in [1.165, 1.54) is 11.6 Å². The van der Waals surface area contributed by atoms with Crippen molar-refractivity contribution in [2.75, 3.05) is 0 Å². The summed E-state index contributed by atoms with van der Waals surface area (Å²) in [7, 11) is 0. The van der Waals surface area contributed by atoms with Crippen LogP contribution < -0.4 is 0 Å². The molecule has 0 nitrogen and oxygen atoms in total. The van der Waals surface area contributed by atoms with Crippen LogP contribution in [0, 0.1) is 5.82 Å². The lowest BCUT2D eigenvalue weighted by Gasteiger charge is -2.20. The normalized spacial score (nSPS) is 13.3. The van der Waals surface area contributed by atoms with E-state index in [0.717, 1.165) is 5.56 Å². The van der Waals surface area contributed by atoms with Crippen LogP contribution in [0.25, 0.3) is 0 Å². The zero-order valence-electron chi connectivity index (χ0n) is 11.8. The first-order chi connectivity index (χ1) is 9.30. The maximum absolute atomic E-state index is 13.5. The minimum atomic E-state index is -0.452. The van der Waals surface area contributed by atoms with Gasteiger partial charge in [0.15, 0.2) is 0 Å². The van der Waals surface area contributed by atoms with Crippen LogP contribution >= 0.6 is 23.2 Å². The lowest BCUT2D eigenvalue weighted by atomic mass is 9.86. The Morgan fingerprint density at radius 2 is 1.60 bits per heavy atom. The van der Waals surface area contributed by atoms with E-state index in [0.29, 0.717) is 5.56 Å². The van der Waals surface area contributed by atoms with Crippen molar-refractivity contribution in [1.82, 2.24) is 0 Å². The molecule has 0 heterocycles. The van der Waals surface area contributed by atoms with E-state index in [1.54, 1.807) is 12.1 Å². The third kappa shape index (κ3) is 3.16. The highest BCUT2D eigenvalue weighted by atomic mass is 35.5. The van der Waals surface area contributed by atoms with Crippen LogP contribution in [0.2, 0.25) is 5.02 Å². The highest BCUT2D eigenvalue weighted by molar-refractivity contribution is 6.33. The van der Waals surface area contributed by atoms with Crippen molar-refractivity contribution < 1.29 is 4.39 Å². The summed E-state index contributed by atoms with van der Waals surface area (Å²) in [6.45, 7) is 6.47. The molecule has 0 bridgehead atoms. The maximum Gasteiger partial charge on any atom is 0.142 e. The molecular formula is C17H17Cl2F. The Kier molecular flexibility index (Phi) is 4.41. The largest absolute Gasteiger partial charge is 0.205 e. The first-order valence-corrected chi connectivity index (χ1v) is 7.30. The second-order valence-corrected chi connectivity index (χ2v) is 6.69. The predicted octanol–water partition coefficient (Wildman–Crippen LogP) is 6.10. The van der Waals surface area contributed by atoms with Gasteiger partial charge in [-0.05, 0) is 28.2 Å². The van der Waals surface area contributed by atoms with Crippen molar-refractivity contribution in [3.05, 3.63) is 70.0 Å². The molecule has 2 aromatic rings. The standard InChI is InChI=1S/C17H17Cl2F/c1-17(2,3)12-9-7-11(8-10-12)15(18)13-5-4-6-14(20)16(13)19/h4-10,15H,1-3H3. The fourth-order valence-electron chi connectivity index (χ4n) is 2.05. The third-order valence-corrected chi connectivity index (χ3v) is 4.21. The van der Waals surface area contributed by atoms with Gasteiger partial charge in [0.1, 0.15) is 5.82 Å². The van der Waals surface area contributed by atoms with Gasteiger partial charge < -0.3 is 0 Å². The summed E-state index contributed by atoms with van der Waals surface area (Å²) >= 11 is 12.4. The molecule has 0 spiro atoms. The van der Waals surface area contributed by atoms with Gasteiger partial charge in [0, 0.05) is 0 Å². The van der Waals surface area contributed by atoms with E-state index >= 15 is 0 Å². The summed E-state index contributed by atoms with van der Waals surface area (Å²) in [6.07, 6.45) is 0. The van der Waals surface area contributed by atoms with Gasteiger partial charge in [-0.2, -0.15) is 0 Å². The van der Waals surface area contributed by atoms with Gasteiger partial charge in [0.2, 0.25) is 0 Å². The topological polar surface area (TPSA) is 0 Å². The molecule has 0 fully saturated rings. The Morgan fingerprint density at radius 1 is 1.00 bits per heavy atom. The average molecular weight is 311 g/mol. The quantitative estimate of drug-likeness (QED) is 0.587. The zero-order valence-corrected chi connectivity index (χ0v) is 13.3. The van der Waals surface area contributed by atoms with Gasteiger partial charge in [-0.3, -0.25) is 0 Å². The van der Waals surface area contributed by atoms with Crippen LogP contribution in [0.3, 0.4) is 0 Å². The average Bonchev–Trinajstić information content (AvgIpc) is 2.40. The first-order valence-electron chi connectivity index (χ1n) is 6.49. The Balaban J connectivity index is 2.34. The van der Waals surface area contributed by atoms with Gasteiger partial charge in [-0.15, -0.1) is 11.6 Å². The fourth-order valence-corrected chi connectivity index (χ4v) is 2.67. The molecule has 1 atom stereocenters. The van der Waals surface area contributed by atoms with Crippen LogP contribution in [-0.2, 0) is 5.41 Å². The Labute approximate surface area is 129 Å². The molecule has 106 valence electrons. The Bertz CT molecular complexity index is 597. The predicted molar refractivity (Wildman–Crippen MR) is 84.2 cm³/mol. The molecule has 0 saturated heterocycles. The molecule has 0 aliphatic rings. The smallest absolute Gasteiger partial charge is 0.142 e. The van der Waals surface area contributed by atoms with Crippen LogP contribution in [0.5, 0.6) is 0 Å². The van der Waals surface area contributed by atoms with Crippen molar-refractivity contribution in [1.29, 1.82) is 0 Å². The van der Waals surface area contributed by atoms with Crippen molar-refractivity contribution in [2.45, 2.75) is 31.6 Å². The highest BCUT2D eigenvalue weighted by Crippen LogP contribution is 2.35. The molecule has 0 aliphatic heterocycles. The number of alkyl halides is 1. The molecule has 0 N–H and O–H groups in total. The van der Waals surface area contributed by atoms with Gasteiger partial charge in [-0.25, -0.2) is 4.39 Å². The lowest BCUT2D eigenvalue weighted by molar-refractivity contribution is 0.590. The zero-order chi connectivity index (χ0) is 14.9. The molecule has 2 rings (SSSR count). The van der Waals surface area contributed by atoms with E-state index in [4.69, 9.17) is 23.2 Å². The lowest BCUT2D eigenvalue weighted by Crippen LogP contribution is -2.10. The summed E-state index contributed by atoms with van der Waals surface area (Å²) < 4.78 is 13.5. The van der Waals surface area contributed by atoms with Gasteiger partial charge >= 0.3 is 0 Å². The van der Waals surface area contributed by atoms with Crippen molar-refractivity contribution in [3.8, 4) is 0 Å². The molecule has 3 heteroatoms. The molecule has 0 radical (unpaired) electrons. The monoisotopic (exact) mass is 310 g/mol. The molecule has 20 heavy (non-hydrogen) atoms. The molecular weight excluding hydrogens is 294 g/mol. The minimum absolute atomic E-state index is 0.0902. The summed E-state index contributed by atoms with van der Waals surface area (Å²) in [5.74, 6) is -0.443. The fraction of sp³-hybridized carbons (Fsp3) is 0.294. The third-order valence-electron chi connectivity index (χ3n) is 3.32. The number of hydrogen-bond acceptors (Lipinski definition) is 0. The van der Waals surface area contributed by atoms with E-state index in [9.17, 15) is 4.39 Å². The maximum atomic E-state index is 13.5. The minimum Gasteiger partial charge on any atom is -0.205 e. The van der Waals surface area contributed by atoms with Gasteiger partial charge in [0.05, 0.1) is 10.4 Å². The molecule has 0 amide bonds. The summed E-state index contributed by atoms with van der Waals surface area (Å²) in [4.78, 5) is 0. The molecule has 0 saturated carbocycles.